The van der Waals surface area contributed by atoms with Gasteiger partial charge in [0.15, 0.2) is 0 Å². The first-order valence-electron chi connectivity index (χ1n) is 8.09. The lowest BCUT2D eigenvalue weighted by atomic mass is 10.3. The third kappa shape index (κ3) is 6.15. The van der Waals surface area contributed by atoms with Crippen molar-refractivity contribution in [1.82, 2.24) is 0 Å². The van der Waals surface area contributed by atoms with Gasteiger partial charge in [-0.1, -0.05) is 30.3 Å². The maximum atomic E-state index is 12.1. The van der Waals surface area contributed by atoms with Gasteiger partial charge >= 0.3 is 0 Å². The highest BCUT2D eigenvalue weighted by atomic mass is 32.2. The molecule has 0 saturated carbocycles. The van der Waals surface area contributed by atoms with Crippen LogP contribution in [0.2, 0.25) is 0 Å². The van der Waals surface area contributed by atoms with Crippen molar-refractivity contribution in [2.24, 2.45) is 0 Å². The average Bonchev–Trinajstić information content (AvgIpc) is 2.62. The molecular formula is C19H22N2O3S. The Morgan fingerprint density at radius 3 is 2.44 bits per heavy atom. The zero-order valence-corrected chi connectivity index (χ0v) is 15.1. The highest BCUT2D eigenvalue weighted by Gasteiger charge is 2.16. The van der Waals surface area contributed by atoms with E-state index >= 15 is 0 Å². The Morgan fingerprint density at radius 1 is 1.04 bits per heavy atom. The van der Waals surface area contributed by atoms with Crippen molar-refractivity contribution in [1.29, 1.82) is 0 Å². The lowest BCUT2D eigenvalue weighted by Gasteiger charge is -2.13. The summed E-state index contributed by atoms with van der Waals surface area (Å²) >= 11 is 1.29. The largest absolute Gasteiger partial charge is 0.492 e. The number of para-hydroxylation sites is 3. The van der Waals surface area contributed by atoms with Crippen molar-refractivity contribution in [3.63, 3.8) is 0 Å². The maximum absolute atomic E-state index is 12.1. The van der Waals surface area contributed by atoms with Gasteiger partial charge in [0.05, 0.1) is 23.3 Å². The average molecular weight is 358 g/mol. The number of amides is 2. The van der Waals surface area contributed by atoms with Crippen LogP contribution in [0.1, 0.15) is 13.8 Å². The predicted molar refractivity (Wildman–Crippen MR) is 103 cm³/mol. The number of nitrogens with one attached hydrogen (secondary N) is 2. The molecule has 132 valence electrons. The van der Waals surface area contributed by atoms with E-state index in [1.165, 1.54) is 11.8 Å². The molecule has 2 aromatic rings. The molecule has 6 heteroatoms. The summed E-state index contributed by atoms with van der Waals surface area (Å²) in [6.45, 7) is 4.20. The first-order valence-corrected chi connectivity index (χ1v) is 9.14. The Bertz CT molecular complexity index is 707. The van der Waals surface area contributed by atoms with Gasteiger partial charge in [-0.2, -0.15) is 0 Å². The van der Waals surface area contributed by atoms with E-state index in [1.54, 1.807) is 13.0 Å². The van der Waals surface area contributed by atoms with Gasteiger partial charge in [0.2, 0.25) is 11.8 Å². The number of anilines is 2. The van der Waals surface area contributed by atoms with Gasteiger partial charge in [0.25, 0.3) is 0 Å². The quantitative estimate of drug-likeness (QED) is 0.753. The molecule has 0 bridgehead atoms. The number of carbonyl (C=O) groups is 2. The van der Waals surface area contributed by atoms with Crippen molar-refractivity contribution < 1.29 is 14.3 Å². The summed E-state index contributed by atoms with van der Waals surface area (Å²) in [5, 5.41) is 5.31. The van der Waals surface area contributed by atoms with Crippen LogP contribution in [0.5, 0.6) is 5.75 Å². The van der Waals surface area contributed by atoms with Gasteiger partial charge in [-0.25, -0.2) is 0 Å². The van der Waals surface area contributed by atoms with Crippen LogP contribution in [-0.4, -0.2) is 29.4 Å². The number of rotatable bonds is 8. The Balaban J connectivity index is 1.82. The predicted octanol–water partition coefficient (Wildman–Crippen LogP) is 3.78. The monoisotopic (exact) mass is 358 g/mol. The minimum absolute atomic E-state index is 0.126. The SMILES string of the molecule is CCOc1ccccc1NC(=O)CS[C@@H](C)C(=O)Nc1ccccc1. The molecule has 2 aromatic carbocycles. The standard InChI is InChI=1S/C19H22N2O3S/c1-3-24-17-12-8-7-11-16(17)21-18(22)13-25-14(2)19(23)20-15-9-5-4-6-10-15/h4-12,14H,3,13H2,1-2H3,(H,20,23)(H,21,22)/t14-/m0/s1. The first kappa shape index (κ1) is 18.9. The molecule has 0 spiro atoms. The van der Waals surface area contributed by atoms with Crippen molar-refractivity contribution >= 4 is 35.0 Å². The highest BCUT2D eigenvalue weighted by Crippen LogP contribution is 2.24. The second-order valence-corrected chi connectivity index (χ2v) is 6.61. The number of benzene rings is 2. The topological polar surface area (TPSA) is 67.4 Å². The van der Waals surface area contributed by atoms with Crippen LogP contribution in [0.3, 0.4) is 0 Å². The van der Waals surface area contributed by atoms with E-state index in [9.17, 15) is 9.59 Å². The van der Waals surface area contributed by atoms with Crippen LogP contribution in [0.15, 0.2) is 54.6 Å². The summed E-state index contributed by atoms with van der Waals surface area (Å²) in [4.78, 5) is 24.3. The van der Waals surface area contributed by atoms with Crippen LogP contribution in [0.4, 0.5) is 11.4 Å². The number of hydrogen-bond acceptors (Lipinski definition) is 4. The third-order valence-corrected chi connectivity index (χ3v) is 4.48. The van der Waals surface area contributed by atoms with E-state index in [-0.39, 0.29) is 22.8 Å². The number of hydrogen-bond donors (Lipinski definition) is 2. The van der Waals surface area contributed by atoms with E-state index in [4.69, 9.17) is 4.74 Å². The molecule has 2 rings (SSSR count). The van der Waals surface area contributed by atoms with E-state index in [1.807, 2.05) is 55.5 Å². The van der Waals surface area contributed by atoms with E-state index < -0.39 is 0 Å². The van der Waals surface area contributed by atoms with E-state index in [0.29, 0.717) is 18.0 Å². The lowest BCUT2D eigenvalue weighted by molar-refractivity contribution is -0.115. The van der Waals surface area contributed by atoms with Crippen molar-refractivity contribution in [2.75, 3.05) is 23.0 Å². The van der Waals surface area contributed by atoms with Gasteiger partial charge in [-0.05, 0) is 38.1 Å². The molecule has 5 nitrogen and oxygen atoms in total. The summed E-state index contributed by atoms with van der Waals surface area (Å²) in [6.07, 6.45) is 0. The lowest BCUT2D eigenvalue weighted by Crippen LogP contribution is -2.25. The van der Waals surface area contributed by atoms with Gasteiger partial charge in [0, 0.05) is 5.69 Å². The van der Waals surface area contributed by atoms with Gasteiger partial charge < -0.3 is 15.4 Å². The van der Waals surface area contributed by atoms with E-state index in [2.05, 4.69) is 10.6 Å². The number of thioether (sulfide) groups is 1. The van der Waals surface area contributed by atoms with E-state index in [0.717, 1.165) is 5.69 Å². The minimum Gasteiger partial charge on any atom is -0.492 e. The molecule has 0 aromatic heterocycles. The smallest absolute Gasteiger partial charge is 0.237 e. The fourth-order valence-corrected chi connectivity index (χ4v) is 2.76. The van der Waals surface area contributed by atoms with Crippen molar-refractivity contribution in [3.05, 3.63) is 54.6 Å². The molecule has 0 radical (unpaired) electrons. The highest BCUT2D eigenvalue weighted by molar-refractivity contribution is 8.01. The molecule has 0 fully saturated rings. The van der Waals surface area contributed by atoms with Crippen LogP contribution in [0, 0.1) is 0 Å². The second-order valence-electron chi connectivity index (χ2n) is 5.29. The summed E-state index contributed by atoms with van der Waals surface area (Å²) in [6, 6.07) is 16.5. The summed E-state index contributed by atoms with van der Waals surface area (Å²) in [5.41, 5.74) is 1.38. The molecule has 1 atom stereocenters. The van der Waals surface area contributed by atoms with Crippen molar-refractivity contribution in [2.45, 2.75) is 19.1 Å². The summed E-state index contributed by atoms with van der Waals surface area (Å²) in [5.74, 6) is 0.526. The Hall–Kier alpha value is -2.47. The molecule has 2 N–H and O–H groups in total. The van der Waals surface area contributed by atoms with Crippen LogP contribution in [0.25, 0.3) is 0 Å². The molecule has 0 heterocycles. The van der Waals surface area contributed by atoms with Crippen LogP contribution >= 0.6 is 11.8 Å². The summed E-state index contributed by atoms with van der Waals surface area (Å²) < 4.78 is 5.48. The molecule has 0 saturated heterocycles. The molecule has 0 aliphatic carbocycles. The zero-order valence-electron chi connectivity index (χ0n) is 14.3. The fourth-order valence-electron chi connectivity index (χ4n) is 2.08. The number of carbonyl (C=O) groups excluding carboxylic acids is 2. The van der Waals surface area contributed by atoms with Gasteiger partial charge in [0.1, 0.15) is 5.75 Å². The zero-order chi connectivity index (χ0) is 18.1. The fraction of sp³-hybridized carbons (Fsp3) is 0.263. The molecule has 0 aliphatic heterocycles. The first-order chi connectivity index (χ1) is 12.1. The molecule has 2 amide bonds. The second kappa shape index (κ2) is 9.74. The minimum atomic E-state index is -0.340. The van der Waals surface area contributed by atoms with Crippen LogP contribution < -0.4 is 15.4 Å². The Labute approximate surface area is 152 Å². The molecular weight excluding hydrogens is 336 g/mol. The Kier molecular flexibility index (Phi) is 7.35. The third-order valence-electron chi connectivity index (χ3n) is 3.34. The normalized spacial score (nSPS) is 11.4. The van der Waals surface area contributed by atoms with Gasteiger partial charge in [-0.15, -0.1) is 11.8 Å². The molecule has 0 aliphatic rings. The van der Waals surface area contributed by atoms with Crippen LogP contribution in [-0.2, 0) is 9.59 Å². The number of ether oxygens (including phenoxy) is 1. The Morgan fingerprint density at radius 2 is 1.72 bits per heavy atom. The maximum Gasteiger partial charge on any atom is 0.237 e. The van der Waals surface area contributed by atoms with Gasteiger partial charge in [-0.3, -0.25) is 9.59 Å². The summed E-state index contributed by atoms with van der Waals surface area (Å²) in [7, 11) is 0. The van der Waals surface area contributed by atoms with Crippen molar-refractivity contribution in [3.8, 4) is 5.75 Å². The molecule has 0 unspecified atom stereocenters. The molecule has 25 heavy (non-hydrogen) atoms.